The average Bonchev–Trinajstić information content (AvgIpc) is 2.39. The number of nitrogens with zero attached hydrogens (tertiary/aromatic N) is 1. The summed E-state index contributed by atoms with van der Waals surface area (Å²) in [6.07, 6.45) is 3.27. The normalized spacial score (nSPS) is 18.6. The van der Waals surface area contributed by atoms with Crippen LogP contribution in [0.5, 0.6) is 0 Å². The third-order valence-corrected chi connectivity index (χ3v) is 5.25. The van der Waals surface area contributed by atoms with Crippen LogP contribution < -0.4 is 10.7 Å². The molecule has 0 spiro atoms. The number of alkyl halides is 1. The molecule has 1 heterocycles. The van der Waals surface area contributed by atoms with Crippen molar-refractivity contribution in [2.75, 3.05) is 5.32 Å². The Kier molecular flexibility index (Phi) is 4.35. The smallest absolute Gasteiger partial charge is 0.182 e. The van der Waals surface area contributed by atoms with Gasteiger partial charge in [-0.3, -0.25) is 5.43 Å². The molecule has 1 aliphatic heterocycles. The summed E-state index contributed by atoms with van der Waals surface area (Å²) in [5, 5.41) is 6.44. The molecule has 7 heteroatoms. The van der Waals surface area contributed by atoms with Gasteiger partial charge >= 0.3 is 0 Å². The van der Waals surface area contributed by atoms with Gasteiger partial charge in [-0.2, -0.15) is 5.10 Å². The van der Waals surface area contributed by atoms with Crippen LogP contribution in [0, 0.1) is 0 Å². The topological polar surface area (TPSA) is 70.6 Å². The number of para-hydroxylation sites is 1. The average molecular weight is 314 g/mol. The predicted molar refractivity (Wildman–Crippen MR) is 81.7 cm³/mol. The van der Waals surface area contributed by atoms with E-state index in [1.54, 1.807) is 50.4 Å². The van der Waals surface area contributed by atoms with E-state index >= 15 is 0 Å². The van der Waals surface area contributed by atoms with E-state index in [2.05, 4.69) is 15.8 Å². The molecule has 1 unspecified atom stereocenters. The van der Waals surface area contributed by atoms with Crippen LogP contribution in [0.3, 0.4) is 0 Å². The highest BCUT2D eigenvalue weighted by molar-refractivity contribution is 7.92. The maximum atomic E-state index is 12.3. The molecule has 0 bridgehead atoms. The van der Waals surface area contributed by atoms with E-state index in [1.807, 2.05) is 0 Å². The molecule has 1 atom stereocenters. The van der Waals surface area contributed by atoms with E-state index in [-0.39, 0.29) is 4.90 Å². The molecule has 1 aliphatic rings. The van der Waals surface area contributed by atoms with E-state index in [0.29, 0.717) is 11.4 Å². The van der Waals surface area contributed by atoms with Gasteiger partial charge in [-0.1, -0.05) is 23.7 Å². The van der Waals surface area contributed by atoms with Crippen LogP contribution in [0.1, 0.15) is 13.8 Å². The molecule has 0 saturated carbocycles. The number of allylic oxidation sites excluding steroid dienone is 1. The van der Waals surface area contributed by atoms with Crippen LogP contribution in [0.4, 0.5) is 5.69 Å². The van der Waals surface area contributed by atoms with Gasteiger partial charge in [-0.25, -0.2) is 8.42 Å². The van der Waals surface area contributed by atoms with Crippen molar-refractivity contribution in [3.8, 4) is 0 Å². The lowest BCUT2D eigenvalue weighted by Gasteiger charge is -2.17. The SMILES string of the molecule is CC(C)S(=O)(=O)c1ccccc1NC1=CC(Cl)NN=C1. The summed E-state index contributed by atoms with van der Waals surface area (Å²) in [6.45, 7) is 3.32. The lowest BCUT2D eigenvalue weighted by atomic mass is 10.3. The Bertz CT molecular complexity index is 653. The highest BCUT2D eigenvalue weighted by Crippen LogP contribution is 2.26. The third kappa shape index (κ3) is 3.13. The van der Waals surface area contributed by atoms with E-state index in [4.69, 9.17) is 11.6 Å². The Balaban J connectivity index is 2.37. The summed E-state index contributed by atoms with van der Waals surface area (Å²) in [7, 11) is -3.35. The second-order valence-electron chi connectivity index (χ2n) is 4.63. The van der Waals surface area contributed by atoms with Crippen LogP contribution in [0.25, 0.3) is 0 Å². The van der Waals surface area contributed by atoms with Crippen LogP contribution in [0.15, 0.2) is 46.0 Å². The summed E-state index contributed by atoms with van der Waals surface area (Å²) in [4.78, 5) is 0.272. The van der Waals surface area contributed by atoms with Crippen LogP contribution in [-0.4, -0.2) is 25.4 Å². The molecule has 1 aromatic rings. The molecule has 5 nitrogen and oxygen atoms in total. The van der Waals surface area contributed by atoms with Crippen LogP contribution in [0.2, 0.25) is 0 Å². The molecule has 20 heavy (non-hydrogen) atoms. The van der Waals surface area contributed by atoms with Gasteiger partial charge in [0.25, 0.3) is 0 Å². The number of rotatable bonds is 4. The van der Waals surface area contributed by atoms with Gasteiger partial charge in [-0.15, -0.1) is 0 Å². The zero-order chi connectivity index (χ0) is 14.8. The Hall–Kier alpha value is -1.53. The summed E-state index contributed by atoms with van der Waals surface area (Å²) < 4.78 is 24.7. The molecule has 108 valence electrons. The fourth-order valence-electron chi connectivity index (χ4n) is 1.72. The Morgan fingerprint density at radius 2 is 2.05 bits per heavy atom. The molecule has 0 saturated heterocycles. The fourth-order valence-corrected chi connectivity index (χ4v) is 3.11. The monoisotopic (exact) mass is 313 g/mol. The minimum absolute atomic E-state index is 0.272. The van der Waals surface area contributed by atoms with Crippen LogP contribution >= 0.6 is 11.6 Å². The first-order valence-corrected chi connectivity index (χ1v) is 8.14. The van der Waals surface area contributed by atoms with Crippen molar-refractivity contribution in [2.45, 2.75) is 29.5 Å². The van der Waals surface area contributed by atoms with Crippen molar-refractivity contribution in [3.63, 3.8) is 0 Å². The molecule has 0 aliphatic carbocycles. The number of nitrogens with one attached hydrogen (secondary N) is 2. The Morgan fingerprint density at radius 3 is 2.70 bits per heavy atom. The van der Waals surface area contributed by atoms with Gasteiger partial charge in [0.05, 0.1) is 27.7 Å². The molecule has 0 aromatic heterocycles. The first-order valence-electron chi connectivity index (χ1n) is 6.15. The lowest BCUT2D eigenvalue weighted by molar-refractivity contribution is 0.587. The molecule has 2 N–H and O–H groups in total. The van der Waals surface area contributed by atoms with Gasteiger partial charge in [-0.05, 0) is 32.1 Å². The van der Waals surface area contributed by atoms with Gasteiger partial charge < -0.3 is 5.32 Å². The van der Waals surface area contributed by atoms with Crippen LogP contribution in [-0.2, 0) is 9.84 Å². The fraction of sp³-hybridized carbons (Fsp3) is 0.308. The van der Waals surface area contributed by atoms with Crippen molar-refractivity contribution < 1.29 is 8.42 Å². The number of halogens is 1. The molecule has 1 aromatic carbocycles. The maximum Gasteiger partial charge on any atom is 0.182 e. The van der Waals surface area contributed by atoms with Gasteiger partial charge in [0.15, 0.2) is 9.84 Å². The quantitative estimate of drug-likeness (QED) is 0.661. The molecular formula is C13H16ClN3O2S. The predicted octanol–water partition coefficient (Wildman–Crippen LogP) is 2.32. The van der Waals surface area contributed by atoms with E-state index in [0.717, 1.165) is 0 Å². The number of sulfone groups is 1. The van der Waals surface area contributed by atoms with Crippen molar-refractivity contribution in [2.24, 2.45) is 5.10 Å². The van der Waals surface area contributed by atoms with Crippen molar-refractivity contribution >= 4 is 33.3 Å². The second-order valence-corrected chi connectivity index (χ2v) is 7.57. The second kappa shape index (κ2) is 5.85. The number of hydrogen-bond donors (Lipinski definition) is 2. The van der Waals surface area contributed by atoms with Gasteiger partial charge in [0.2, 0.25) is 0 Å². The van der Waals surface area contributed by atoms with Crippen molar-refractivity contribution in [1.82, 2.24) is 5.43 Å². The van der Waals surface area contributed by atoms with E-state index in [9.17, 15) is 8.42 Å². The standard InChI is InChI=1S/C13H16ClN3O2S/c1-9(2)20(18,19)12-6-4-3-5-11(12)16-10-7-13(14)17-15-8-10/h3-9,13,16-17H,1-2H3. The van der Waals surface area contributed by atoms with E-state index < -0.39 is 20.6 Å². The zero-order valence-electron chi connectivity index (χ0n) is 11.2. The molecular weight excluding hydrogens is 298 g/mol. The van der Waals surface area contributed by atoms with Crippen molar-refractivity contribution in [3.05, 3.63) is 36.0 Å². The summed E-state index contributed by atoms with van der Waals surface area (Å²) in [5.41, 5.74) is 3.41. The molecule has 0 fully saturated rings. The lowest BCUT2D eigenvalue weighted by Crippen LogP contribution is -2.23. The first-order chi connectivity index (χ1) is 9.41. The van der Waals surface area contributed by atoms with E-state index in [1.165, 1.54) is 0 Å². The highest BCUT2D eigenvalue weighted by Gasteiger charge is 2.22. The summed E-state index contributed by atoms with van der Waals surface area (Å²) in [6, 6.07) is 6.79. The highest BCUT2D eigenvalue weighted by atomic mass is 35.5. The van der Waals surface area contributed by atoms with Gasteiger partial charge in [0, 0.05) is 0 Å². The summed E-state index contributed by atoms with van der Waals surface area (Å²) in [5.74, 6) is 0. The van der Waals surface area contributed by atoms with Crippen molar-refractivity contribution in [1.29, 1.82) is 0 Å². The number of anilines is 1. The molecule has 0 amide bonds. The zero-order valence-corrected chi connectivity index (χ0v) is 12.7. The Morgan fingerprint density at radius 1 is 1.35 bits per heavy atom. The first kappa shape index (κ1) is 14.9. The number of hydrazone groups is 1. The largest absolute Gasteiger partial charge is 0.353 e. The minimum atomic E-state index is -3.35. The number of benzene rings is 1. The van der Waals surface area contributed by atoms with Gasteiger partial charge in [0.1, 0.15) is 5.50 Å². The Labute approximate surface area is 123 Å². The minimum Gasteiger partial charge on any atom is -0.353 e. The third-order valence-electron chi connectivity index (χ3n) is 2.82. The number of hydrogen-bond acceptors (Lipinski definition) is 5. The maximum absolute atomic E-state index is 12.3. The molecule has 2 rings (SSSR count). The summed E-state index contributed by atoms with van der Waals surface area (Å²) >= 11 is 5.90. The molecule has 0 radical (unpaired) electrons.